The highest BCUT2D eigenvalue weighted by Crippen LogP contribution is 2.23. The van der Waals surface area contributed by atoms with E-state index in [0.717, 1.165) is 0 Å². The number of imidazole rings is 1. The van der Waals surface area contributed by atoms with Crippen molar-refractivity contribution in [2.45, 2.75) is 0 Å². The molecule has 0 fully saturated rings. The summed E-state index contributed by atoms with van der Waals surface area (Å²) in [6, 6.07) is 3.17. The Morgan fingerprint density at radius 2 is 2.33 bits per heavy atom. The predicted octanol–water partition coefficient (Wildman–Crippen LogP) is 2.25. The number of fused-ring (bicyclic) bond motifs is 1. The first kappa shape index (κ1) is 10.1. The number of rotatable bonds is 1. The first-order valence-corrected chi connectivity index (χ1v) is 4.84. The van der Waals surface area contributed by atoms with Crippen LogP contribution in [-0.4, -0.2) is 23.0 Å². The predicted molar refractivity (Wildman–Crippen MR) is 55.1 cm³/mol. The number of hydrogen-bond donors (Lipinski definition) is 1. The van der Waals surface area contributed by atoms with Crippen molar-refractivity contribution in [1.29, 1.82) is 0 Å². The van der Waals surface area contributed by atoms with E-state index in [1.54, 1.807) is 6.07 Å². The molecule has 0 aliphatic carbocycles. The van der Waals surface area contributed by atoms with E-state index in [1.807, 2.05) is 0 Å². The average molecular weight is 273 g/mol. The Labute approximate surface area is 92.6 Å². The van der Waals surface area contributed by atoms with Gasteiger partial charge in [-0.1, -0.05) is 15.9 Å². The minimum atomic E-state index is -0.728. The van der Waals surface area contributed by atoms with Crippen LogP contribution in [0.3, 0.4) is 0 Å². The van der Waals surface area contributed by atoms with Crippen molar-refractivity contribution in [3.8, 4) is 0 Å². The molecule has 78 valence electrons. The Bertz CT molecular complexity index is 538. The smallest absolute Gasteiger partial charge is 0.340 e. The fourth-order valence-corrected chi connectivity index (χ4v) is 1.78. The molecular weight excluding hydrogens is 267 g/mol. The van der Waals surface area contributed by atoms with Crippen molar-refractivity contribution in [1.82, 2.24) is 9.97 Å². The second-order valence-electron chi connectivity index (χ2n) is 2.87. The van der Waals surface area contributed by atoms with Crippen molar-refractivity contribution in [2.75, 3.05) is 7.11 Å². The van der Waals surface area contributed by atoms with Crippen LogP contribution in [0.2, 0.25) is 0 Å². The molecule has 0 atom stereocenters. The summed E-state index contributed by atoms with van der Waals surface area (Å²) in [4.78, 5) is 17.4. The number of aromatic nitrogens is 2. The van der Waals surface area contributed by atoms with Gasteiger partial charge in [-0.25, -0.2) is 9.78 Å². The van der Waals surface area contributed by atoms with Gasteiger partial charge in [0.25, 0.3) is 6.08 Å². The molecule has 0 aliphatic rings. The van der Waals surface area contributed by atoms with Gasteiger partial charge in [-0.05, 0) is 12.1 Å². The Balaban J connectivity index is 2.75. The van der Waals surface area contributed by atoms with Gasteiger partial charge in [-0.3, -0.25) is 0 Å². The summed E-state index contributed by atoms with van der Waals surface area (Å²) < 4.78 is 18.1. The molecule has 6 heteroatoms. The lowest BCUT2D eigenvalue weighted by atomic mass is 10.2. The van der Waals surface area contributed by atoms with Gasteiger partial charge in [0.05, 0.1) is 18.2 Å². The van der Waals surface area contributed by atoms with E-state index in [-0.39, 0.29) is 11.1 Å². The number of benzene rings is 1. The van der Waals surface area contributed by atoms with Crippen LogP contribution in [0, 0.1) is 6.08 Å². The Morgan fingerprint density at radius 3 is 3.00 bits per heavy atom. The lowest BCUT2D eigenvalue weighted by Crippen LogP contribution is -2.02. The summed E-state index contributed by atoms with van der Waals surface area (Å²) in [5.41, 5.74) is 0.937. The lowest BCUT2D eigenvalue weighted by molar-refractivity contribution is 0.0602. The molecule has 1 aromatic heterocycles. The number of aromatic amines is 1. The monoisotopic (exact) mass is 272 g/mol. The normalized spacial score (nSPS) is 10.6. The van der Waals surface area contributed by atoms with Crippen LogP contribution in [0.4, 0.5) is 4.39 Å². The number of halogens is 2. The van der Waals surface area contributed by atoms with Crippen LogP contribution in [0.1, 0.15) is 10.4 Å². The van der Waals surface area contributed by atoms with Crippen molar-refractivity contribution in [2.24, 2.45) is 0 Å². The number of hydrogen-bond acceptors (Lipinski definition) is 3. The highest BCUT2D eigenvalue weighted by atomic mass is 79.9. The number of esters is 1. The Hall–Kier alpha value is -1.43. The van der Waals surface area contributed by atoms with Crippen LogP contribution < -0.4 is 0 Å². The van der Waals surface area contributed by atoms with Gasteiger partial charge in [0.1, 0.15) is 5.52 Å². The van der Waals surface area contributed by atoms with E-state index >= 15 is 0 Å². The molecule has 0 spiro atoms. The summed E-state index contributed by atoms with van der Waals surface area (Å²) in [6.07, 6.45) is -0.728. The highest BCUT2D eigenvalue weighted by Gasteiger charge is 2.15. The Morgan fingerprint density at radius 1 is 1.60 bits per heavy atom. The topological polar surface area (TPSA) is 55.0 Å². The number of nitrogens with one attached hydrogen (secondary N) is 1. The molecule has 1 heterocycles. The lowest BCUT2D eigenvalue weighted by Gasteiger charge is -2.00. The first-order valence-electron chi connectivity index (χ1n) is 4.05. The van der Waals surface area contributed by atoms with Gasteiger partial charge in [0.15, 0.2) is 0 Å². The van der Waals surface area contributed by atoms with Crippen molar-refractivity contribution >= 4 is 32.9 Å². The maximum absolute atomic E-state index is 12.9. The van der Waals surface area contributed by atoms with Crippen LogP contribution >= 0.6 is 15.9 Å². The van der Waals surface area contributed by atoms with Crippen LogP contribution in [-0.2, 0) is 4.74 Å². The zero-order valence-electron chi connectivity index (χ0n) is 7.67. The fourth-order valence-electron chi connectivity index (χ4n) is 1.32. The average Bonchev–Trinajstić information content (AvgIpc) is 2.55. The third-order valence-corrected chi connectivity index (χ3v) is 2.39. The van der Waals surface area contributed by atoms with E-state index in [1.165, 1.54) is 13.2 Å². The molecule has 0 bridgehead atoms. The summed E-state index contributed by atoms with van der Waals surface area (Å²) in [7, 11) is 1.26. The molecule has 4 nitrogen and oxygen atoms in total. The number of nitrogens with zero attached hydrogens (tertiary/aromatic N) is 1. The van der Waals surface area contributed by atoms with Gasteiger partial charge in [0, 0.05) is 4.47 Å². The maximum Gasteiger partial charge on any atom is 0.340 e. The third kappa shape index (κ3) is 1.72. The number of methoxy groups -OCH3 is 1. The molecule has 0 unspecified atom stereocenters. The minimum absolute atomic E-state index is 0.224. The number of carbonyl (C=O) groups is 1. The molecule has 2 aromatic rings. The number of ether oxygens (including phenoxy) is 1. The van der Waals surface area contributed by atoms with Crippen molar-refractivity contribution < 1.29 is 13.9 Å². The maximum atomic E-state index is 12.9. The van der Waals surface area contributed by atoms with Crippen LogP contribution in [0.5, 0.6) is 0 Å². The molecular formula is C9H6BrFN2O2. The van der Waals surface area contributed by atoms with Crippen molar-refractivity contribution in [3.63, 3.8) is 0 Å². The molecule has 1 N–H and O–H groups in total. The molecule has 0 saturated carbocycles. The van der Waals surface area contributed by atoms with Crippen LogP contribution in [0.25, 0.3) is 11.0 Å². The van der Waals surface area contributed by atoms with E-state index in [9.17, 15) is 9.18 Å². The second-order valence-corrected chi connectivity index (χ2v) is 3.78. The first-order chi connectivity index (χ1) is 7.11. The zero-order valence-corrected chi connectivity index (χ0v) is 9.26. The van der Waals surface area contributed by atoms with Crippen molar-refractivity contribution in [3.05, 3.63) is 28.2 Å². The van der Waals surface area contributed by atoms with Gasteiger partial charge in [0.2, 0.25) is 0 Å². The van der Waals surface area contributed by atoms with Gasteiger partial charge >= 0.3 is 5.97 Å². The number of H-pyrrole nitrogens is 1. The summed E-state index contributed by atoms with van der Waals surface area (Å²) >= 11 is 3.21. The van der Waals surface area contributed by atoms with E-state index in [4.69, 9.17) is 0 Å². The van der Waals surface area contributed by atoms with E-state index in [0.29, 0.717) is 9.99 Å². The molecule has 15 heavy (non-hydrogen) atoms. The largest absolute Gasteiger partial charge is 0.465 e. The quantitative estimate of drug-likeness (QED) is 0.811. The summed E-state index contributed by atoms with van der Waals surface area (Å²) in [5.74, 6) is -0.548. The molecule has 0 saturated heterocycles. The molecule has 1 aromatic carbocycles. The SMILES string of the molecule is COC(=O)c1cc(Br)cc2[nH]c(F)nc12. The van der Waals surface area contributed by atoms with Gasteiger partial charge < -0.3 is 9.72 Å². The second kappa shape index (κ2) is 3.62. The molecule has 0 aliphatic heterocycles. The van der Waals surface area contributed by atoms with E-state index < -0.39 is 12.0 Å². The van der Waals surface area contributed by atoms with Gasteiger partial charge in [-0.2, -0.15) is 4.39 Å². The standard InChI is InChI=1S/C9H6BrFN2O2/c1-15-8(14)5-2-4(10)3-6-7(5)13-9(11)12-6/h2-3H,1H3,(H,12,13). The zero-order chi connectivity index (χ0) is 11.0. The summed E-state index contributed by atoms with van der Waals surface area (Å²) in [6.45, 7) is 0. The Kier molecular flexibility index (Phi) is 2.44. The van der Waals surface area contributed by atoms with E-state index in [2.05, 4.69) is 30.6 Å². The highest BCUT2D eigenvalue weighted by molar-refractivity contribution is 9.10. The summed E-state index contributed by atoms with van der Waals surface area (Å²) in [5, 5.41) is 0. The van der Waals surface area contributed by atoms with Gasteiger partial charge in [-0.15, -0.1) is 0 Å². The number of carbonyl (C=O) groups excluding carboxylic acids is 1. The minimum Gasteiger partial charge on any atom is -0.465 e. The molecule has 2 rings (SSSR count). The molecule has 0 amide bonds. The fraction of sp³-hybridized carbons (Fsp3) is 0.111. The molecule has 0 radical (unpaired) electrons. The third-order valence-electron chi connectivity index (χ3n) is 1.93. The van der Waals surface area contributed by atoms with Crippen LogP contribution in [0.15, 0.2) is 16.6 Å².